The molecule has 2 aliphatic heterocycles. The fourth-order valence-corrected chi connectivity index (χ4v) is 6.52. The number of amides is 2. The van der Waals surface area contributed by atoms with Crippen LogP contribution in [-0.4, -0.2) is 39.2 Å². The lowest BCUT2D eigenvalue weighted by molar-refractivity contribution is 0.0580. The minimum absolute atomic E-state index is 0.0248. The van der Waals surface area contributed by atoms with Crippen molar-refractivity contribution in [1.29, 1.82) is 0 Å². The van der Waals surface area contributed by atoms with Crippen LogP contribution in [0.15, 0.2) is 5.38 Å². The summed E-state index contributed by atoms with van der Waals surface area (Å²) < 4.78 is 0. The van der Waals surface area contributed by atoms with Crippen LogP contribution in [0, 0.1) is 11.8 Å². The predicted molar refractivity (Wildman–Crippen MR) is 93.2 cm³/mol. The van der Waals surface area contributed by atoms with E-state index in [4.69, 9.17) is 4.98 Å². The Labute approximate surface area is 146 Å². The molecule has 1 aromatic heterocycles. The molecule has 2 N–H and O–H groups in total. The number of hydrogen-bond donors (Lipinski definition) is 2. The monoisotopic (exact) mass is 347 g/mol. The van der Waals surface area contributed by atoms with E-state index in [-0.39, 0.29) is 24.2 Å². The molecule has 6 heteroatoms. The molecule has 5 nitrogen and oxygen atoms in total. The van der Waals surface area contributed by atoms with E-state index in [1.807, 2.05) is 4.90 Å². The highest BCUT2D eigenvalue weighted by Crippen LogP contribution is 2.53. The number of nitrogens with one attached hydrogen (secondary N) is 1. The lowest BCUT2D eigenvalue weighted by Crippen LogP contribution is -2.49. The lowest BCUT2D eigenvalue weighted by Gasteiger charge is -2.36. The number of piperidine rings is 1. The first kappa shape index (κ1) is 15.1. The summed E-state index contributed by atoms with van der Waals surface area (Å²) in [5.74, 6) is 2.35. The van der Waals surface area contributed by atoms with Crippen LogP contribution in [0.5, 0.6) is 0 Å². The predicted octanol–water partition coefficient (Wildman–Crippen LogP) is 3.57. The molecule has 130 valence electrons. The Bertz CT molecular complexity index is 634. The zero-order valence-electron chi connectivity index (χ0n) is 13.9. The van der Waals surface area contributed by atoms with Crippen molar-refractivity contribution >= 4 is 22.5 Å². The fourth-order valence-electron chi connectivity index (χ4n) is 5.76. The first-order valence-electron chi connectivity index (χ1n) is 9.40. The van der Waals surface area contributed by atoms with E-state index in [2.05, 4.69) is 10.7 Å². The van der Waals surface area contributed by atoms with Crippen LogP contribution in [0.1, 0.15) is 63.0 Å². The molecule has 0 radical (unpaired) electrons. The van der Waals surface area contributed by atoms with Gasteiger partial charge in [0.05, 0.1) is 11.8 Å². The highest BCUT2D eigenvalue weighted by molar-refractivity contribution is 7.13. The molecule has 1 aromatic rings. The summed E-state index contributed by atoms with van der Waals surface area (Å²) in [7, 11) is 0. The van der Waals surface area contributed by atoms with Gasteiger partial charge in [0.15, 0.2) is 5.13 Å². The topological polar surface area (TPSA) is 65.5 Å². The molecular weight excluding hydrogens is 322 g/mol. The molecular formula is C18H25N3O2S. The number of nitrogens with zero attached hydrogens (tertiary/aromatic N) is 2. The third kappa shape index (κ3) is 2.46. The van der Waals surface area contributed by atoms with Crippen molar-refractivity contribution in [1.82, 2.24) is 9.88 Å². The quantitative estimate of drug-likeness (QED) is 0.859. The standard InChI is InChI=1S/C18H25N3O2S/c22-14-7-12-3-4-13(8-14)21(12)18(23)20-17-19-16(9-24-17)15-6-10-1-2-11(15)5-10/h9-15,22H,1-8H2,(H,19,20,23). The van der Waals surface area contributed by atoms with Gasteiger partial charge in [-0.1, -0.05) is 6.42 Å². The van der Waals surface area contributed by atoms with Crippen molar-refractivity contribution in [3.8, 4) is 0 Å². The maximum atomic E-state index is 12.7. The van der Waals surface area contributed by atoms with Crippen LogP contribution in [-0.2, 0) is 0 Å². The third-order valence-corrected chi connectivity index (χ3v) is 7.57. The van der Waals surface area contributed by atoms with E-state index < -0.39 is 0 Å². The van der Waals surface area contributed by atoms with Crippen LogP contribution in [0.4, 0.5) is 9.93 Å². The number of rotatable bonds is 2. The minimum Gasteiger partial charge on any atom is -0.393 e. The van der Waals surface area contributed by atoms with E-state index in [0.29, 0.717) is 5.92 Å². The second-order valence-electron chi connectivity index (χ2n) is 8.21. The largest absolute Gasteiger partial charge is 0.393 e. The Morgan fingerprint density at radius 3 is 2.62 bits per heavy atom. The molecule has 2 aliphatic carbocycles. The molecule has 5 atom stereocenters. The average Bonchev–Trinajstić information content (AvgIpc) is 3.30. The van der Waals surface area contributed by atoms with E-state index in [9.17, 15) is 9.90 Å². The average molecular weight is 347 g/mol. The fraction of sp³-hybridized carbons (Fsp3) is 0.778. The number of carbonyl (C=O) groups is 1. The van der Waals surface area contributed by atoms with E-state index in [1.54, 1.807) is 11.3 Å². The van der Waals surface area contributed by atoms with E-state index in [0.717, 1.165) is 42.7 Å². The SMILES string of the molecule is O=C(Nc1nc(C2CC3CCC2C3)cs1)N1C2CCC1CC(O)C2. The summed E-state index contributed by atoms with van der Waals surface area (Å²) in [6, 6.07) is 0.371. The Balaban J connectivity index is 1.26. The Morgan fingerprint density at radius 2 is 1.96 bits per heavy atom. The van der Waals surface area contributed by atoms with Crippen LogP contribution >= 0.6 is 11.3 Å². The van der Waals surface area contributed by atoms with Crippen molar-refractivity contribution in [3.05, 3.63) is 11.1 Å². The van der Waals surface area contributed by atoms with Gasteiger partial charge in [-0.2, -0.15) is 0 Å². The molecule has 4 bridgehead atoms. The van der Waals surface area contributed by atoms with Crippen molar-refractivity contribution in [2.75, 3.05) is 5.32 Å². The highest BCUT2D eigenvalue weighted by Gasteiger charge is 2.43. The molecule has 3 heterocycles. The minimum atomic E-state index is -0.240. The number of carbonyl (C=O) groups excluding carboxylic acids is 1. The maximum absolute atomic E-state index is 12.7. The number of aromatic nitrogens is 1. The molecule has 0 spiro atoms. The van der Waals surface area contributed by atoms with Gasteiger partial charge in [0.1, 0.15) is 0 Å². The van der Waals surface area contributed by atoms with Crippen LogP contribution in [0.3, 0.4) is 0 Å². The molecule has 4 aliphatic rings. The lowest BCUT2D eigenvalue weighted by atomic mass is 9.87. The molecule has 5 unspecified atom stereocenters. The number of thiazole rings is 1. The number of aliphatic hydroxyl groups is 1. The highest BCUT2D eigenvalue weighted by atomic mass is 32.1. The number of anilines is 1. The second kappa shape index (κ2) is 5.70. The second-order valence-corrected chi connectivity index (χ2v) is 9.06. The van der Waals surface area contributed by atoms with Gasteiger partial charge in [0.2, 0.25) is 0 Å². The number of fused-ring (bicyclic) bond motifs is 4. The van der Waals surface area contributed by atoms with Crippen molar-refractivity contribution in [3.63, 3.8) is 0 Å². The first-order chi connectivity index (χ1) is 11.7. The molecule has 2 saturated heterocycles. The Kier molecular flexibility index (Phi) is 3.59. The molecule has 5 rings (SSSR count). The zero-order chi connectivity index (χ0) is 16.3. The zero-order valence-corrected chi connectivity index (χ0v) is 14.7. The molecule has 0 aromatic carbocycles. The number of hydrogen-bond acceptors (Lipinski definition) is 4. The van der Waals surface area contributed by atoms with Crippen molar-refractivity contribution in [2.45, 2.75) is 75.5 Å². The normalized spacial score (nSPS) is 40.3. The van der Waals surface area contributed by atoms with E-state index >= 15 is 0 Å². The summed E-state index contributed by atoms with van der Waals surface area (Å²) in [4.78, 5) is 19.4. The van der Waals surface area contributed by atoms with Crippen LogP contribution < -0.4 is 5.32 Å². The van der Waals surface area contributed by atoms with Gasteiger partial charge in [0, 0.05) is 23.4 Å². The number of aliphatic hydroxyl groups excluding tert-OH is 1. The summed E-state index contributed by atoms with van der Waals surface area (Å²) in [6.45, 7) is 0. The Morgan fingerprint density at radius 1 is 1.17 bits per heavy atom. The molecule has 2 amide bonds. The van der Waals surface area contributed by atoms with Gasteiger partial charge in [-0.25, -0.2) is 9.78 Å². The van der Waals surface area contributed by atoms with Gasteiger partial charge in [-0.15, -0.1) is 11.3 Å². The molecule has 4 fully saturated rings. The first-order valence-corrected chi connectivity index (χ1v) is 10.3. The van der Waals surface area contributed by atoms with Gasteiger partial charge in [-0.3, -0.25) is 5.32 Å². The van der Waals surface area contributed by atoms with E-state index in [1.165, 1.54) is 31.4 Å². The van der Waals surface area contributed by atoms with Crippen molar-refractivity contribution in [2.24, 2.45) is 11.8 Å². The smallest absolute Gasteiger partial charge is 0.324 e. The van der Waals surface area contributed by atoms with Gasteiger partial charge < -0.3 is 10.0 Å². The number of urea groups is 1. The summed E-state index contributed by atoms with van der Waals surface area (Å²) in [5, 5.41) is 15.8. The summed E-state index contributed by atoms with van der Waals surface area (Å²) >= 11 is 1.56. The molecule has 24 heavy (non-hydrogen) atoms. The van der Waals surface area contributed by atoms with Gasteiger partial charge in [-0.05, 0) is 56.8 Å². The summed E-state index contributed by atoms with van der Waals surface area (Å²) in [6.07, 6.45) is 8.66. The third-order valence-electron chi connectivity index (χ3n) is 6.80. The van der Waals surface area contributed by atoms with Crippen LogP contribution in [0.25, 0.3) is 0 Å². The Hall–Kier alpha value is -1.14. The van der Waals surface area contributed by atoms with Gasteiger partial charge >= 0.3 is 6.03 Å². The van der Waals surface area contributed by atoms with Gasteiger partial charge in [0.25, 0.3) is 0 Å². The van der Waals surface area contributed by atoms with Crippen molar-refractivity contribution < 1.29 is 9.90 Å². The van der Waals surface area contributed by atoms with Crippen LogP contribution in [0.2, 0.25) is 0 Å². The summed E-state index contributed by atoms with van der Waals surface area (Å²) in [5.41, 5.74) is 1.19. The molecule has 2 saturated carbocycles. The maximum Gasteiger partial charge on any atom is 0.324 e.